The summed E-state index contributed by atoms with van der Waals surface area (Å²) >= 11 is 0. The molecule has 0 saturated heterocycles. The van der Waals surface area contributed by atoms with Gasteiger partial charge in [-0.1, -0.05) is 66.2 Å². The zero-order valence-electron chi connectivity index (χ0n) is 22.3. The van der Waals surface area contributed by atoms with Crippen LogP contribution in [0.3, 0.4) is 0 Å². The Balaban J connectivity index is 0.000000185. The van der Waals surface area contributed by atoms with Gasteiger partial charge in [-0.15, -0.1) is 48.0 Å². The van der Waals surface area contributed by atoms with E-state index in [0.717, 1.165) is 45.3 Å². The molecular formula is C37H27AuN3+. The molecule has 0 bridgehead atoms. The summed E-state index contributed by atoms with van der Waals surface area (Å²) in [5.74, 6) is 2.40. The van der Waals surface area contributed by atoms with Crippen LogP contribution in [0.5, 0.6) is 0 Å². The first-order valence-corrected chi connectivity index (χ1v) is 12.9. The second-order valence-corrected chi connectivity index (χ2v) is 8.89. The SMILES string of the molecule is [Au+3].[C-]#Cc1ccc(N(c2ccccc2)c2ccccc2)cc1.[CH2-][n+]1c(-c2[c-]cccc2)cccc1-c1ccccn1. The van der Waals surface area contributed by atoms with E-state index in [1.165, 1.54) is 0 Å². The molecule has 0 aliphatic carbocycles. The molecule has 2 heterocycles. The second-order valence-electron chi connectivity index (χ2n) is 8.89. The van der Waals surface area contributed by atoms with Gasteiger partial charge in [-0.3, -0.25) is 10.9 Å². The van der Waals surface area contributed by atoms with E-state index in [9.17, 15) is 0 Å². The fourth-order valence-corrected chi connectivity index (χ4v) is 4.36. The summed E-state index contributed by atoms with van der Waals surface area (Å²) in [5, 5.41) is 0. The van der Waals surface area contributed by atoms with Crippen molar-refractivity contribution in [1.82, 2.24) is 4.98 Å². The second kappa shape index (κ2) is 14.5. The maximum absolute atomic E-state index is 7.19. The molecule has 6 rings (SSSR count). The number of hydrogen-bond acceptors (Lipinski definition) is 2. The molecule has 4 heteroatoms. The Labute approximate surface area is 258 Å². The molecule has 0 N–H and O–H groups in total. The predicted octanol–water partition coefficient (Wildman–Crippen LogP) is 8.23. The van der Waals surface area contributed by atoms with Crippen molar-refractivity contribution < 1.29 is 26.9 Å². The largest absolute Gasteiger partial charge is 3.00 e. The number of nitrogens with zero attached hydrogens (tertiary/aromatic N) is 3. The summed E-state index contributed by atoms with van der Waals surface area (Å²) in [6, 6.07) is 51.4. The van der Waals surface area contributed by atoms with Crippen molar-refractivity contribution in [1.29, 1.82) is 0 Å². The first kappa shape index (κ1) is 29.1. The van der Waals surface area contributed by atoms with Crippen molar-refractivity contribution in [2.45, 2.75) is 0 Å². The minimum absolute atomic E-state index is 0. The Hall–Kier alpha value is -4.85. The maximum atomic E-state index is 7.19. The Bertz CT molecular complexity index is 1580. The summed E-state index contributed by atoms with van der Waals surface area (Å²) in [5.41, 5.74) is 7.99. The third-order valence-corrected chi connectivity index (χ3v) is 6.30. The van der Waals surface area contributed by atoms with Gasteiger partial charge < -0.3 is 15.9 Å². The molecule has 2 aromatic heterocycles. The third-order valence-electron chi connectivity index (χ3n) is 6.30. The van der Waals surface area contributed by atoms with Gasteiger partial charge in [0.05, 0.1) is 5.69 Å². The van der Waals surface area contributed by atoms with Gasteiger partial charge in [0.25, 0.3) is 0 Å². The Morgan fingerprint density at radius 1 is 0.634 bits per heavy atom. The molecule has 200 valence electrons. The fraction of sp³-hybridized carbons (Fsp3) is 0. The molecule has 0 amide bonds. The van der Waals surface area contributed by atoms with E-state index in [0.29, 0.717) is 0 Å². The minimum atomic E-state index is 0. The van der Waals surface area contributed by atoms with Gasteiger partial charge in [0.1, 0.15) is 11.4 Å². The van der Waals surface area contributed by atoms with Crippen LogP contribution in [0.25, 0.3) is 22.6 Å². The molecule has 0 aliphatic heterocycles. The number of rotatable bonds is 5. The van der Waals surface area contributed by atoms with Crippen LogP contribution in [0.1, 0.15) is 5.56 Å². The summed E-state index contributed by atoms with van der Waals surface area (Å²) in [7, 11) is 4.13. The van der Waals surface area contributed by atoms with Crippen LogP contribution in [-0.4, -0.2) is 4.98 Å². The Kier molecular flexibility index (Phi) is 10.3. The number of aromatic nitrogens is 2. The van der Waals surface area contributed by atoms with Crippen molar-refractivity contribution in [2.24, 2.45) is 0 Å². The number of hydrogen-bond donors (Lipinski definition) is 0. The molecule has 0 saturated carbocycles. The summed E-state index contributed by atoms with van der Waals surface area (Å²) in [6.07, 6.45) is 8.97. The van der Waals surface area contributed by atoms with Gasteiger partial charge in [-0.2, -0.15) is 0 Å². The van der Waals surface area contributed by atoms with Crippen LogP contribution < -0.4 is 9.47 Å². The van der Waals surface area contributed by atoms with E-state index < -0.39 is 0 Å². The van der Waals surface area contributed by atoms with E-state index in [4.69, 9.17) is 6.42 Å². The topological polar surface area (TPSA) is 20.0 Å². The first-order chi connectivity index (χ1) is 19.7. The van der Waals surface area contributed by atoms with E-state index in [1.54, 1.807) is 6.20 Å². The van der Waals surface area contributed by atoms with Gasteiger partial charge in [-0.25, -0.2) is 0 Å². The van der Waals surface area contributed by atoms with Gasteiger partial charge >= 0.3 is 22.4 Å². The molecule has 4 aromatic carbocycles. The molecule has 0 unspecified atom stereocenters. The van der Waals surface area contributed by atoms with Crippen LogP contribution in [0, 0.1) is 25.5 Å². The molecule has 41 heavy (non-hydrogen) atoms. The minimum Gasteiger partial charge on any atom is -0.366 e. The zero-order valence-corrected chi connectivity index (χ0v) is 24.5. The molecule has 3 nitrogen and oxygen atoms in total. The van der Waals surface area contributed by atoms with Crippen molar-refractivity contribution >= 4 is 17.1 Å². The first-order valence-electron chi connectivity index (χ1n) is 12.9. The zero-order chi connectivity index (χ0) is 27.6. The van der Waals surface area contributed by atoms with Gasteiger partial charge in [0, 0.05) is 30.3 Å². The van der Waals surface area contributed by atoms with Crippen LogP contribution in [0.2, 0.25) is 0 Å². The predicted molar refractivity (Wildman–Crippen MR) is 162 cm³/mol. The summed E-state index contributed by atoms with van der Waals surface area (Å²) in [6.45, 7) is 0. The monoisotopic (exact) mass is 710 g/mol. The van der Waals surface area contributed by atoms with Crippen LogP contribution >= 0.6 is 0 Å². The Morgan fingerprint density at radius 2 is 1.22 bits per heavy atom. The quantitative estimate of drug-likeness (QED) is 0.0778. The fourth-order valence-electron chi connectivity index (χ4n) is 4.36. The number of benzene rings is 4. The molecule has 0 radical (unpaired) electrons. The average molecular weight is 711 g/mol. The summed E-state index contributed by atoms with van der Waals surface area (Å²) < 4.78 is 1.90. The van der Waals surface area contributed by atoms with Crippen molar-refractivity contribution in [3.05, 3.63) is 177 Å². The van der Waals surface area contributed by atoms with Crippen LogP contribution in [-0.2, 0) is 22.4 Å². The maximum Gasteiger partial charge on any atom is 3.00 e. The summed E-state index contributed by atoms with van der Waals surface area (Å²) in [4.78, 5) is 6.56. The van der Waals surface area contributed by atoms with E-state index in [2.05, 4.69) is 53.2 Å². The van der Waals surface area contributed by atoms with Gasteiger partial charge in [0.2, 0.25) is 0 Å². The molecular weight excluding hydrogens is 683 g/mol. The standard InChI is InChI=1S/C20H14N.C17H13N2.Au/c1-2-17-13-15-20(16-14-17)21(18-9-5-3-6-10-18)19-11-7-4-8-12-19;1-19-16(14-8-3-2-4-9-14)11-7-12-17(19)15-10-5-6-13-18-15;/h3-16H;2-8,10-13H,1H2;/q2*-1;+3. The molecule has 0 atom stereocenters. The van der Waals surface area contributed by atoms with Crippen LogP contribution in [0.4, 0.5) is 17.1 Å². The van der Waals surface area contributed by atoms with E-state index >= 15 is 0 Å². The normalized spacial score (nSPS) is 9.83. The van der Waals surface area contributed by atoms with E-state index in [-0.39, 0.29) is 22.4 Å². The van der Waals surface area contributed by atoms with Crippen molar-refractivity contribution in [3.63, 3.8) is 0 Å². The smallest absolute Gasteiger partial charge is 0.366 e. The average Bonchev–Trinajstić information content (AvgIpc) is 3.04. The molecule has 0 fully saturated rings. The van der Waals surface area contributed by atoms with Crippen molar-refractivity contribution in [3.8, 4) is 28.6 Å². The third kappa shape index (κ3) is 7.22. The molecule has 0 spiro atoms. The van der Waals surface area contributed by atoms with Gasteiger partial charge in [0.15, 0.2) is 0 Å². The number of pyridine rings is 2. The number of para-hydroxylation sites is 2. The van der Waals surface area contributed by atoms with Gasteiger partial charge in [-0.05, 0) is 48.5 Å². The van der Waals surface area contributed by atoms with E-state index in [1.807, 2.05) is 126 Å². The van der Waals surface area contributed by atoms with Crippen LogP contribution in [0.15, 0.2) is 152 Å². The molecule has 0 aliphatic rings. The number of anilines is 3. The molecule has 6 aromatic rings. The Morgan fingerprint density at radius 3 is 1.78 bits per heavy atom. The van der Waals surface area contributed by atoms with Crippen molar-refractivity contribution in [2.75, 3.05) is 4.90 Å².